The first kappa shape index (κ1) is 14.7. The van der Waals surface area contributed by atoms with Gasteiger partial charge in [0.15, 0.2) is 5.17 Å². The number of benzene rings is 1. The Morgan fingerprint density at radius 2 is 1.90 bits per heavy atom. The van der Waals surface area contributed by atoms with Gasteiger partial charge in [-0.2, -0.15) is 0 Å². The number of rotatable bonds is 2. The van der Waals surface area contributed by atoms with Crippen LogP contribution in [0.15, 0.2) is 29.3 Å². The van der Waals surface area contributed by atoms with Crippen molar-refractivity contribution in [3.63, 3.8) is 0 Å². The number of nitrogens with zero attached hydrogens (tertiary/aromatic N) is 2. The van der Waals surface area contributed by atoms with Crippen LogP contribution in [0.25, 0.3) is 0 Å². The minimum atomic E-state index is 0.316. The summed E-state index contributed by atoms with van der Waals surface area (Å²) in [5, 5.41) is 4.45. The van der Waals surface area contributed by atoms with Crippen LogP contribution < -0.4 is 10.2 Å². The van der Waals surface area contributed by atoms with Gasteiger partial charge >= 0.3 is 0 Å². The molecule has 0 amide bonds. The van der Waals surface area contributed by atoms with E-state index in [0.29, 0.717) is 5.41 Å². The molecular weight excluding hydrogens is 282 g/mol. The van der Waals surface area contributed by atoms with Gasteiger partial charge in [0.05, 0.1) is 13.2 Å². The zero-order valence-corrected chi connectivity index (χ0v) is 13.6. The number of aliphatic imine (C=N–C) groups is 1. The van der Waals surface area contributed by atoms with E-state index < -0.39 is 0 Å². The summed E-state index contributed by atoms with van der Waals surface area (Å²) in [6, 6.07) is 8.61. The molecule has 0 atom stereocenters. The summed E-state index contributed by atoms with van der Waals surface area (Å²) in [5.41, 5.74) is 2.69. The van der Waals surface area contributed by atoms with Crippen molar-refractivity contribution in [1.82, 2.24) is 0 Å². The predicted molar refractivity (Wildman–Crippen MR) is 91.6 cm³/mol. The molecule has 5 heteroatoms. The second-order valence-corrected chi connectivity index (χ2v) is 7.31. The molecule has 0 aromatic heterocycles. The van der Waals surface area contributed by atoms with Gasteiger partial charge in [0.25, 0.3) is 0 Å². The van der Waals surface area contributed by atoms with Crippen molar-refractivity contribution in [2.24, 2.45) is 10.4 Å². The molecular formula is C16H23N3OS. The molecule has 3 rings (SSSR count). The van der Waals surface area contributed by atoms with Gasteiger partial charge in [-0.15, -0.1) is 0 Å². The van der Waals surface area contributed by atoms with E-state index in [-0.39, 0.29) is 0 Å². The molecule has 1 N–H and O–H groups in total. The highest BCUT2D eigenvalue weighted by molar-refractivity contribution is 8.14. The molecule has 1 saturated heterocycles. The third-order valence-corrected chi connectivity index (χ3v) is 5.18. The van der Waals surface area contributed by atoms with Crippen molar-refractivity contribution in [3.8, 4) is 0 Å². The fraction of sp³-hybridized carbons (Fsp3) is 0.562. The number of nitrogens with one attached hydrogen (secondary N) is 1. The van der Waals surface area contributed by atoms with Crippen LogP contribution in [0.3, 0.4) is 0 Å². The average Bonchev–Trinajstić information content (AvgIpc) is 2.51. The second-order valence-electron chi connectivity index (χ2n) is 6.35. The molecule has 1 fully saturated rings. The summed E-state index contributed by atoms with van der Waals surface area (Å²) in [5.74, 6) is 1.12. The van der Waals surface area contributed by atoms with Crippen LogP contribution in [0.4, 0.5) is 11.4 Å². The zero-order valence-electron chi connectivity index (χ0n) is 12.8. The number of hydrogen-bond acceptors (Lipinski definition) is 5. The molecule has 21 heavy (non-hydrogen) atoms. The third kappa shape index (κ3) is 3.92. The summed E-state index contributed by atoms with van der Waals surface area (Å²) in [6.45, 7) is 9.02. The number of amidine groups is 1. The van der Waals surface area contributed by atoms with E-state index in [9.17, 15) is 0 Å². The smallest absolute Gasteiger partial charge is 0.161 e. The normalized spacial score (nSPS) is 21.8. The van der Waals surface area contributed by atoms with Crippen molar-refractivity contribution in [1.29, 1.82) is 0 Å². The first-order valence-corrected chi connectivity index (χ1v) is 8.48. The van der Waals surface area contributed by atoms with Crippen LogP contribution in [0.2, 0.25) is 0 Å². The van der Waals surface area contributed by atoms with Crippen molar-refractivity contribution < 1.29 is 4.74 Å². The van der Waals surface area contributed by atoms with Gasteiger partial charge in [-0.05, 0) is 29.7 Å². The molecule has 0 unspecified atom stereocenters. The Hall–Kier alpha value is -1.20. The molecule has 0 aliphatic carbocycles. The Labute approximate surface area is 131 Å². The maximum atomic E-state index is 5.39. The van der Waals surface area contributed by atoms with E-state index in [1.165, 1.54) is 5.69 Å². The molecule has 1 aromatic rings. The Kier molecular flexibility index (Phi) is 4.40. The molecule has 0 radical (unpaired) electrons. The third-order valence-electron chi connectivity index (χ3n) is 3.75. The van der Waals surface area contributed by atoms with Gasteiger partial charge in [-0.25, -0.2) is 0 Å². The fourth-order valence-corrected chi connectivity index (χ4v) is 3.38. The highest BCUT2D eigenvalue weighted by Gasteiger charge is 2.23. The molecule has 0 spiro atoms. The lowest BCUT2D eigenvalue weighted by Gasteiger charge is -2.29. The SMILES string of the molecule is CC1(C)CN=C(Nc2ccc(N3CCOCC3)cc2)SC1. The van der Waals surface area contributed by atoms with Crippen molar-refractivity contribution in [3.05, 3.63) is 24.3 Å². The zero-order chi connectivity index (χ0) is 14.7. The monoisotopic (exact) mass is 305 g/mol. The predicted octanol–water partition coefficient (Wildman–Crippen LogP) is 3.06. The first-order chi connectivity index (χ1) is 10.1. The topological polar surface area (TPSA) is 36.9 Å². The molecule has 2 aliphatic rings. The van der Waals surface area contributed by atoms with Crippen LogP contribution in [-0.2, 0) is 4.74 Å². The maximum absolute atomic E-state index is 5.39. The average molecular weight is 305 g/mol. The van der Waals surface area contributed by atoms with Gasteiger partial charge in [0, 0.05) is 36.8 Å². The summed E-state index contributed by atoms with van der Waals surface area (Å²) in [7, 11) is 0. The molecule has 0 saturated carbocycles. The highest BCUT2D eigenvalue weighted by Crippen LogP contribution is 2.28. The summed E-state index contributed by atoms with van der Waals surface area (Å²) in [6.07, 6.45) is 0. The summed E-state index contributed by atoms with van der Waals surface area (Å²) < 4.78 is 5.39. The number of ether oxygens (including phenoxy) is 1. The maximum Gasteiger partial charge on any atom is 0.161 e. The van der Waals surface area contributed by atoms with Gasteiger partial charge in [0.1, 0.15) is 0 Å². The highest BCUT2D eigenvalue weighted by atomic mass is 32.2. The van der Waals surface area contributed by atoms with Gasteiger partial charge in [-0.3, -0.25) is 4.99 Å². The Balaban J connectivity index is 1.61. The Morgan fingerprint density at radius 1 is 1.19 bits per heavy atom. The van der Waals surface area contributed by atoms with Crippen molar-refractivity contribution >= 4 is 28.3 Å². The molecule has 0 bridgehead atoms. The van der Waals surface area contributed by atoms with E-state index in [1.807, 2.05) is 11.8 Å². The number of anilines is 2. The van der Waals surface area contributed by atoms with Crippen LogP contribution in [0, 0.1) is 5.41 Å². The largest absolute Gasteiger partial charge is 0.378 e. The van der Waals surface area contributed by atoms with Crippen molar-refractivity contribution in [2.45, 2.75) is 13.8 Å². The Morgan fingerprint density at radius 3 is 2.52 bits per heavy atom. The van der Waals surface area contributed by atoms with E-state index in [4.69, 9.17) is 4.74 Å². The Bertz CT molecular complexity index is 507. The lowest BCUT2D eigenvalue weighted by molar-refractivity contribution is 0.122. The first-order valence-electron chi connectivity index (χ1n) is 7.49. The van der Waals surface area contributed by atoms with E-state index in [0.717, 1.165) is 49.5 Å². The lowest BCUT2D eigenvalue weighted by Crippen LogP contribution is -2.36. The summed E-state index contributed by atoms with van der Waals surface area (Å²) >= 11 is 1.81. The number of thioether (sulfide) groups is 1. The van der Waals surface area contributed by atoms with Crippen LogP contribution in [0.1, 0.15) is 13.8 Å². The van der Waals surface area contributed by atoms with Gasteiger partial charge < -0.3 is 15.0 Å². The molecule has 2 heterocycles. The molecule has 2 aliphatic heterocycles. The van der Waals surface area contributed by atoms with E-state index in [2.05, 4.69) is 53.3 Å². The minimum absolute atomic E-state index is 0.316. The quantitative estimate of drug-likeness (QED) is 0.911. The minimum Gasteiger partial charge on any atom is -0.378 e. The number of hydrogen-bond donors (Lipinski definition) is 1. The summed E-state index contributed by atoms with van der Waals surface area (Å²) in [4.78, 5) is 7.00. The van der Waals surface area contributed by atoms with Gasteiger partial charge in [-0.1, -0.05) is 25.6 Å². The molecule has 1 aromatic carbocycles. The fourth-order valence-electron chi connectivity index (χ4n) is 2.42. The number of morpholine rings is 1. The standard InChI is InChI=1S/C16H23N3OS/c1-16(2)11-17-15(21-12-16)18-13-3-5-14(6-4-13)19-7-9-20-10-8-19/h3-6H,7-12H2,1-2H3,(H,17,18). The van der Waals surface area contributed by atoms with Crippen LogP contribution in [-0.4, -0.2) is 43.8 Å². The van der Waals surface area contributed by atoms with Crippen molar-refractivity contribution in [2.75, 3.05) is 48.8 Å². The van der Waals surface area contributed by atoms with Crippen LogP contribution >= 0.6 is 11.8 Å². The lowest BCUT2D eigenvalue weighted by atomic mass is 9.97. The van der Waals surface area contributed by atoms with Gasteiger partial charge in [0.2, 0.25) is 0 Å². The molecule has 114 valence electrons. The van der Waals surface area contributed by atoms with E-state index >= 15 is 0 Å². The molecule has 4 nitrogen and oxygen atoms in total. The van der Waals surface area contributed by atoms with Crippen LogP contribution in [0.5, 0.6) is 0 Å². The van der Waals surface area contributed by atoms with E-state index in [1.54, 1.807) is 0 Å². The second kappa shape index (κ2) is 6.28.